The molecule has 0 amide bonds. The van der Waals surface area contributed by atoms with E-state index in [1.807, 2.05) is 61.5 Å². The van der Waals surface area contributed by atoms with Crippen molar-refractivity contribution < 1.29 is 5.11 Å². The molecule has 0 fully saturated rings. The molecule has 1 atom stereocenters. The summed E-state index contributed by atoms with van der Waals surface area (Å²) in [5, 5.41) is 19.9. The van der Waals surface area contributed by atoms with Crippen molar-refractivity contribution in [3.05, 3.63) is 65.7 Å². The summed E-state index contributed by atoms with van der Waals surface area (Å²) in [6.07, 6.45) is -0.516. The van der Waals surface area contributed by atoms with Crippen molar-refractivity contribution in [1.82, 2.24) is 14.8 Å². The normalized spacial score (nSPS) is 12.3. The summed E-state index contributed by atoms with van der Waals surface area (Å²) in [7, 11) is 0. The van der Waals surface area contributed by atoms with E-state index in [0.29, 0.717) is 5.75 Å². The molecule has 1 N–H and O–H groups in total. The monoisotopic (exact) mass is 339 g/mol. The number of aliphatic hydroxyl groups is 1. The Morgan fingerprint density at radius 2 is 1.75 bits per heavy atom. The lowest BCUT2D eigenvalue weighted by atomic mass is 10.1. The summed E-state index contributed by atoms with van der Waals surface area (Å²) >= 11 is 1.53. The van der Waals surface area contributed by atoms with Crippen LogP contribution in [0, 0.1) is 6.92 Å². The zero-order valence-corrected chi connectivity index (χ0v) is 14.7. The summed E-state index contributed by atoms with van der Waals surface area (Å²) in [4.78, 5) is 0. The standard InChI is InChI=1S/C19H21N3OS/c1-3-22-18(16-7-5-4-6-8-16)20-21-19(22)24-13-17(23)15-11-9-14(2)10-12-15/h4-12,17,23H,3,13H2,1-2H3. The highest BCUT2D eigenvalue weighted by molar-refractivity contribution is 7.99. The second kappa shape index (κ2) is 7.64. The summed E-state index contributed by atoms with van der Waals surface area (Å²) in [6, 6.07) is 18.0. The number of benzene rings is 2. The van der Waals surface area contributed by atoms with E-state index in [2.05, 4.69) is 21.7 Å². The first-order chi connectivity index (χ1) is 11.7. The van der Waals surface area contributed by atoms with Crippen molar-refractivity contribution in [1.29, 1.82) is 0 Å². The first-order valence-corrected chi connectivity index (χ1v) is 9.03. The van der Waals surface area contributed by atoms with Crippen molar-refractivity contribution in [2.75, 3.05) is 5.75 Å². The van der Waals surface area contributed by atoms with E-state index in [1.165, 1.54) is 17.3 Å². The molecular formula is C19H21N3OS. The van der Waals surface area contributed by atoms with E-state index in [9.17, 15) is 5.11 Å². The third kappa shape index (κ3) is 3.68. The lowest BCUT2D eigenvalue weighted by Gasteiger charge is -2.11. The van der Waals surface area contributed by atoms with Gasteiger partial charge in [-0.25, -0.2) is 0 Å². The van der Waals surface area contributed by atoms with Crippen LogP contribution in [0.15, 0.2) is 59.8 Å². The smallest absolute Gasteiger partial charge is 0.191 e. The Kier molecular flexibility index (Phi) is 5.33. The Hall–Kier alpha value is -2.11. The highest BCUT2D eigenvalue weighted by Crippen LogP contribution is 2.27. The van der Waals surface area contributed by atoms with E-state index < -0.39 is 6.10 Å². The number of nitrogens with zero attached hydrogens (tertiary/aromatic N) is 3. The zero-order chi connectivity index (χ0) is 16.9. The number of aryl methyl sites for hydroxylation is 1. The van der Waals surface area contributed by atoms with Gasteiger partial charge in [-0.1, -0.05) is 71.9 Å². The molecule has 24 heavy (non-hydrogen) atoms. The summed E-state index contributed by atoms with van der Waals surface area (Å²) in [5.74, 6) is 1.42. The molecule has 1 heterocycles. The number of aliphatic hydroxyl groups excluding tert-OH is 1. The molecule has 4 nitrogen and oxygen atoms in total. The molecule has 0 bridgehead atoms. The van der Waals surface area contributed by atoms with Crippen LogP contribution in [0.3, 0.4) is 0 Å². The van der Waals surface area contributed by atoms with Crippen LogP contribution in [0.1, 0.15) is 24.2 Å². The van der Waals surface area contributed by atoms with Crippen molar-refractivity contribution in [2.45, 2.75) is 31.7 Å². The Bertz CT molecular complexity index is 784. The van der Waals surface area contributed by atoms with Gasteiger partial charge in [0.1, 0.15) is 0 Å². The molecule has 3 aromatic rings. The molecule has 0 saturated carbocycles. The van der Waals surface area contributed by atoms with Crippen molar-refractivity contribution in [2.24, 2.45) is 0 Å². The molecule has 0 saturated heterocycles. The molecular weight excluding hydrogens is 318 g/mol. The molecule has 3 rings (SSSR count). The van der Waals surface area contributed by atoms with Crippen LogP contribution in [-0.4, -0.2) is 25.6 Å². The third-order valence-corrected chi connectivity index (χ3v) is 4.94. The van der Waals surface area contributed by atoms with Gasteiger partial charge in [-0.05, 0) is 19.4 Å². The van der Waals surface area contributed by atoms with Gasteiger partial charge < -0.3 is 9.67 Å². The first kappa shape index (κ1) is 16.7. The van der Waals surface area contributed by atoms with Gasteiger partial charge in [0.15, 0.2) is 11.0 Å². The molecule has 5 heteroatoms. The van der Waals surface area contributed by atoms with Crippen molar-refractivity contribution in [3.8, 4) is 11.4 Å². The number of thioether (sulfide) groups is 1. The predicted molar refractivity (Wildman–Crippen MR) is 98.0 cm³/mol. The summed E-state index contributed by atoms with van der Waals surface area (Å²) in [5.41, 5.74) is 3.17. The second-order valence-electron chi connectivity index (χ2n) is 5.65. The molecule has 124 valence electrons. The van der Waals surface area contributed by atoms with E-state index in [0.717, 1.165) is 28.7 Å². The Morgan fingerprint density at radius 1 is 1.04 bits per heavy atom. The number of rotatable bonds is 6. The van der Waals surface area contributed by atoms with Crippen molar-refractivity contribution in [3.63, 3.8) is 0 Å². The molecule has 0 aliphatic heterocycles. The minimum Gasteiger partial charge on any atom is -0.388 e. The molecule has 2 aromatic carbocycles. The van der Waals surface area contributed by atoms with Gasteiger partial charge in [-0.15, -0.1) is 10.2 Å². The molecule has 0 aliphatic carbocycles. The summed E-state index contributed by atoms with van der Waals surface area (Å²) in [6.45, 7) is 4.91. The fourth-order valence-electron chi connectivity index (χ4n) is 2.52. The fourth-order valence-corrected chi connectivity index (χ4v) is 3.49. The third-order valence-electron chi connectivity index (χ3n) is 3.90. The quantitative estimate of drug-likeness (QED) is 0.687. The number of hydrogen-bond donors (Lipinski definition) is 1. The lowest BCUT2D eigenvalue weighted by molar-refractivity contribution is 0.204. The Balaban J connectivity index is 1.74. The Morgan fingerprint density at radius 3 is 2.42 bits per heavy atom. The Labute approximate surface area is 146 Å². The van der Waals surface area contributed by atoms with E-state index in [1.54, 1.807) is 0 Å². The maximum Gasteiger partial charge on any atom is 0.191 e. The van der Waals surface area contributed by atoms with Gasteiger partial charge in [-0.3, -0.25) is 0 Å². The maximum absolute atomic E-state index is 10.4. The first-order valence-electron chi connectivity index (χ1n) is 8.05. The number of aromatic nitrogens is 3. The minimum absolute atomic E-state index is 0.516. The van der Waals surface area contributed by atoms with Gasteiger partial charge in [0.05, 0.1) is 6.10 Å². The van der Waals surface area contributed by atoms with Crippen LogP contribution >= 0.6 is 11.8 Å². The average molecular weight is 339 g/mol. The van der Waals surface area contributed by atoms with E-state index in [4.69, 9.17) is 0 Å². The van der Waals surface area contributed by atoms with Crippen molar-refractivity contribution >= 4 is 11.8 Å². The van der Waals surface area contributed by atoms with Crippen LogP contribution in [0.2, 0.25) is 0 Å². The van der Waals surface area contributed by atoms with Crippen LogP contribution in [0.5, 0.6) is 0 Å². The minimum atomic E-state index is -0.516. The highest BCUT2D eigenvalue weighted by atomic mass is 32.2. The van der Waals surface area contributed by atoms with Gasteiger partial charge in [0.2, 0.25) is 0 Å². The topological polar surface area (TPSA) is 50.9 Å². The van der Waals surface area contributed by atoms with Gasteiger partial charge in [0, 0.05) is 17.9 Å². The number of hydrogen-bond acceptors (Lipinski definition) is 4. The SMILES string of the molecule is CCn1c(SCC(O)c2ccc(C)cc2)nnc1-c1ccccc1. The largest absolute Gasteiger partial charge is 0.388 e. The van der Waals surface area contributed by atoms with E-state index in [-0.39, 0.29) is 0 Å². The van der Waals surface area contributed by atoms with Gasteiger partial charge in [-0.2, -0.15) is 0 Å². The van der Waals surface area contributed by atoms with Crippen LogP contribution in [0.25, 0.3) is 11.4 Å². The zero-order valence-electron chi connectivity index (χ0n) is 13.9. The van der Waals surface area contributed by atoms with E-state index >= 15 is 0 Å². The van der Waals surface area contributed by atoms with Gasteiger partial charge in [0.25, 0.3) is 0 Å². The average Bonchev–Trinajstić information content (AvgIpc) is 3.04. The molecule has 1 unspecified atom stereocenters. The fraction of sp³-hybridized carbons (Fsp3) is 0.263. The second-order valence-corrected chi connectivity index (χ2v) is 6.64. The van der Waals surface area contributed by atoms with Crippen LogP contribution < -0.4 is 0 Å². The molecule has 0 aliphatic rings. The van der Waals surface area contributed by atoms with Crippen LogP contribution in [0.4, 0.5) is 0 Å². The van der Waals surface area contributed by atoms with Gasteiger partial charge >= 0.3 is 0 Å². The maximum atomic E-state index is 10.4. The highest BCUT2D eigenvalue weighted by Gasteiger charge is 2.15. The molecule has 0 radical (unpaired) electrons. The lowest BCUT2D eigenvalue weighted by Crippen LogP contribution is -2.04. The van der Waals surface area contributed by atoms with Crippen LogP contribution in [-0.2, 0) is 6.54 Å². The molecule has 0 spiro atoms. The summed E-state index contributed by atoms with van der Waals surface area (Å²) < 4.78 is 2.09. The molecule has 1 aromatic heterocycles. The predicted octanol–water partition coefficient (Wildman–Crippen LogP) is 4.10.